The standard InChI is InChI=1S/C14H11NO5/c1-18-13-6-9(7-15)2-4-11(13)19-8-10-3-5-12(20-10)14(16)17/h2-6H,8H2,1H3,(H,16,17). The van der Waals surface area contributed by atoms with Crippen LogP contribution in [0.15, 0.2) is 34.7 Å². The molecule has 0 fully saturated rings. The number of methoxy groups -OCH3 is 1. The minimum absolute atomic E-state index is 0.0650. The summed E-state index contributed by atoms with van der Waals surface area (Å²) in [5.41, 5.74) is 0.459. The molecule has 6 nitrogen and oxygen atoms in total. The van der Waals surface area contributed by atoms with E-state index < -0.39 is 5.97 Å². The van der Waals surface area contributed by atoms with Gasteiger partial charge in [0.05, 0.1) is 18.7 Å². The Morgan fingerprint density at radius 1 is 1.35 bits per heavy atom. The minimum atomic E-state index is -1.13. The molecule has 0 bridgehead atoms. The molecule has 1 N–H and O–H groups in total. The van der Waals surface area contributed by atoms with E-state index in [9.17, 15) is 4.79 Å². The Morgan fingerprint density at radius 3 is 2.75 bits per heavy atom. The van der Waals surface area contributed by atoms with Crippen LogP contribution >= 0.6 is 0 Å². The van der Waals surface area contributed by atoms with Gasteiger partial charge in [-0.3, -0.25) is 0 Å². The third kappa shape index (κ3) is 2.90. The maximum atomic E-state index is 10.7. The number of hydrogen-bond donors (Lipinski definition) is 1. The zero-order valence-corrected chi connectivity index (χ0v) is 10.6. The number of rotatable bonds is 5. The molecule has 0 saturated heterocycles. The number of nitriles is 1. The molecule has 1 heterocycles. The Labute approximate surface area is 114 Å². The van der Waals surface area contributed by atoms with Gasteiger partial charge >= 0.3 is 5.97 Å². The molecule has 0 spiro atoms. The molecule has 0 amide bonds. The van der Waals surface area contributed by atoms with Crippen molar-refractivity contribution in [2.45, 2.75) is 6.61 Å². The molecule has 2 rings (SSSR count). The number of nitrogens with zero attached hydrogens (tertiary/aromatic N) is 1. The first-order valence-electron chi connectivity index (χ1n) is 5.67. The van der Waals surface area contributed by atoms with Crippen LogP contribution in [0.2, 0.25) is 0 Å². The molecule has 0 unspecified atom stereocenters. The summed E-state index contributed by atoms with van der Waals surface area (Å²) in [4.78, 5) is 10.7. The second kappa shape index (κ2) is 5.80. The summed E-state index contributed by atoms with van der Waals surface area (Å²) < 4.78 is 15.7. The maximum absolute atomic E-state index is 10.7. The van der Waals surface area contributed by atoms with Crippen LogP contribution in [0.5, 0.6) is 11.5 Å². The summed E-state index contributed by atoms with van der Waals surface area (Å²) >= 11 is 0. The molecule has 0 saturated carbocycles. The first-order valence-corrected chi connectivity index (χ1v) is 5.67. The highest BCUT2D eigenvalue weighted by molar-refractivity contribution is 5.84. The van der Waals surface area contributed by atoms with Crippen LogP contribution in [0.25, 0.3) is 0 Å². The Morgan fingerprint density at radius 2 is 2.15 bits per heavy atom. The fraction of sp³-hybridized carbons (Fsp3) is 0.143. The Balaban J connectivity index is 2.10. The number of aromatic carboxylic acids is 1. The number of carboxylic acid groups (broad SMARTS) is 1. The molecule has 0 aliphatic carbocycles. The Bertz CT molecular complexity index is 668. The van der Waals surface area contributed by atoms with E-state index in [-0.39, 0.29) is 12.4 Å². The predicted octanol–water partition coefficient (Wildman–Crippen LogP) is 2.44. The third-order valence-corrected chi connectivity index (χ3v) is 2.54. The molecule has 1 aromatic heterocycles. The molecule has 0 atom stereocenters. The van der Waals surface area contributed by atoms with Crippen LogP contribution in [0.3, 0.4) is 0 Å². The number of benzene rings is 1. The van der Waals surface area contributed by atoms with E-state index >= 15 is 0 Å². The number of ether oxygens (including phenoxy) is 2. The van der Waals surface area contributed by atoms with Gasteiger partial charge in [-0.15, -0.1) is 0 Å². The van der Waals surface area contributed by atoms with Crippen molar-refractivity contribution in [3.05, 3.63) is 47.4 Å². The fourth-order valence-corrected chi connectivity index (χ4v) is 1.58. The molecule has 0 aliphatic heterocycles. The first-order chi connectivity index (χ1) is 9.63. The van der Waals surface area contributed by atoms with Crippen LogP contribution in [-0.2, 0) is 6.61 Å². The molecular weight excluding hydrogens is 262 g/mol. The number of hydrogen-bond acceptors (Lipinski definition) is 5. The molecule has 0 aliphatic rings. The number of furan rings is 1. The second-order valence-corrected chi connectivity index (χ2v) is 3.84. The van der Waals surface area contributed by atoms with Gasteiger partial charge in [0, 0.05) is 6.07 Å². The molecular formula is C14H11NO5. The average Bonchev–Trinajstić information content (AvgIpc) is 2.94. The molecule has 1 aromatic carbocycles. The average molecular weight is 273 g/mol. The lowest BCUT2D eigenvalue weighted by Crippen LogP contribution is -1.97. The summed E-state index contributed by atoms with van der Waals surface area (Å²) in [6.07, 6.45) is 0. The lowest BCUT2D eigenvalue weighted by Gasteiger charge is -2.09. The zero-order chi connectivity index (χ0) is 14.5. The van der Waals surface area contributed by atoms with E-state index in [1.807, 2.05) is 6.07 Å². The third-order valence-electron chi connectivity index (χ3n) is 2.54. The van der Waals surface area contributed by atoms with Gasteiger partial charge in [0.25, 0.3) is 0 Å². The molecule has 20 heavy (non-hydrogen) atoms. The topological polar surface area (TPSA) is 92.7 Å². The second-order valence-electron chi connectivity index (χ2n) is 3.84. The van der Waals surface area contributed by atoms with E-state index in [1.54, 1.807) is 18.2 Å². The highest BCUT2D eigenvalue weighted by atomic mass is 16.5. The van der Waals surface area contributed by atoms with Crippen molar-refractivity contribution >= 4 is 5.97 Å². The van der Waals surface area contributed by atoms with Gasteiger partial charge in [-0.2, -0.15) is 5.26 Å². The molecule has 6 heteroatoms. The molecule has 0 radical (unpaired) electrons. The van der Waals surface area contributed by atoms with Crippen molar-refractivity contribution in [3.63, 3.8) is 0 Å². The summed E-state index contributed by atoms with van der Waals surface area (Å²) in [5, 5.41) is 17.5. The summed E-state index contributed by atoms with van der Waals surface area (Å²) in [6, 6.07) is 9.65. The number of carbonyl (C=O) groups is 1. The van der Waals surface area contributed by atoms with E-state index in [0.717, 1.165) is 0 Å². The quantitative estimate of drug-likeness (QED) is 0.899. The van der Waals surface area contributed by atoms with Gasteiger partial charge in [0.15, 0.2) is 11.5 Å². The fourth-order valence-electron chi connectivity index (χ4n) is 1.58. The van der Waals surface area contributed by atoms with Gasteiger partial charge in [-0.1, -0.05) is 0 Å². The minimum Gasteiger partial charge on any atom is -0.493 e. The van der Waals surface area contributed by atoms with Gasteiger partial charge < -0.3 is 19.0 Å². The monoisotopic (exact) mass is 273 g/mol. The highest BCUT2D eigenvalue weighted by Crippen LogP contribution is 2.28. The van der Waals surface area contributed by atoms with Gasteiger partial charge in [-0.05, 0) is 24.3 Å². The normalized spacial score (nSPS) is 9.80. The van der Waals surface area contributed by atoms with E-state index in [2.05, 4.69) is 0 Å². The van der Waals surface area contributed by atoms with Crippen molar-refractivity contribution in [2.24, 2.45) is 0 Å². The number of carboxylic acids is 1. The van der Waals surface area contributed by atoms with E-state index in [0.29, 0.717) is 22.8 Å². The zero-order valence-electron chi connectivity index (χ0n) is 10.6. The van der Waals surface area contributed by atoms with Crippen LogP contribution in [0, 0.1) is 11.3 Å². The van der Waals surface area contributed by atoms with E-state index in [4.69, 9.17) is 24.3 Å². The van der Waals surface area contributed by atoms with Crippen molar-refractivity contribution < 1.29 is 23.8 Å². The van der Waals surface area contributed by atoms with Crippen molar-refractivity contribution in [3.8, 4) is 17.6 Å². The first kappa shape index (κ1) is 13.5. The lowest BCUT2D eigenvalue weighted by molar-refractivity contribution is 0.0658. The smallest absolute Gasteiger partial charge is 0.371 e. The summed E-state index contributed by atoms with van der Waals surface area (Å²) in [5.74, 6) is -0.0229. The van der Waals surface area contributed by atoms with Crippen molar-refractivity contribution in [2.75, 3.05) is 7.11 Å². The van der Waals surface area contributed by atoms with Crippen LogP contribution in [0.4, 0.5) is 0 Å². The summed E-state index contributed by atoms with van der Waals surface area (Å²) in [6.45, 7) is 0.0650. The summed E-state index contributed by atoms with van der Waals surface area (Å²) in [7, 11) is 1.47. The highest BCUT2D eigenvalue weighted by Gasteiger charge is 2.11. The van der Waals surface area contributed by atoms with Crippen LogP contribution < -0.4 is 9.47 Å². The van der Waals surface area contributed by atoms with Gasteiger partial charge in [0.2, 0.25) is 5.76 Å². The lowest BCUT2D eigenvalue weighted by atomic mass is 10.2. The van der Waals surface area contributed by atoms with Gasteiger partial charge in [-0.25, -0.2) is 4.79 Å². The van der Waals surface area contributed by atoms with Crippen LogP contribution in [0.1, 0.15) is 21.9 Å². The largest absolute Gasteiger partial charge is 0.493 e. The SMILES string of the molecule is COc1cc(C#N)ccc1OCc1ccc(C(=O)O)o1. The molecule has 2 aromatic rings. The van der Waals surface area contributed by atoms with Crippen LogP contribution in [-0.4, -0.2) is 18.2 Å². The maximum Gasteiger partial charge on any atom is 0.371 e. The molecule has 102 valence electrons. The predicted molar refractivity (Wildman–Crippen MR) is 67.7 cm³/mol. The van der Waals surface area contributed by atoms with Crippen molar-refractivity contribution in [1.29, 1.82) is 5.26 Å². The van der Waals surface area contributed by atoms with Crippen molar-refractivity contribution in [1.82, 2.24) is 0 Å². The Kier molecular flexibility index (Phi) is 3.91. The Hall–Kier alpha value is -2.94. The van der Waals surface area contributed by atoms with E-state index in [1.165, 1.54) is 19.2 Å². The van der Waals surface area contributed by atoms with Gasteiger partial charge in [0.1, 0.15) is 12.4 Å².